The van der Waals surface area contributed by atoms with Gasteiger partial charge in [-0.15, -0.1) is 0 Å². The van der Waals surface area contributed by atoms with Crippen LogP contribution in [0.1, 0.15) is 35.7 Å². The minimum absolute atomic E-state index is 0.0320. The lowest BCUT2D eigenvalue weighted by Gasteiger charge is -2.23. The molecule has 0 aromatic heterocycles. The summed E-state index contributed by atoms with van der Waals surface area (Å²) in [5.74, 6) is -0.0725. The number of hydrogen-bond donors (Lipinski definition) is 3. The van der Waals surface area contributed by atoms with Crippen LogP contribution in [0.5, 0.6) is 0 Å². The molecule has 2 rings (SSSR count). The lowest BCUT2D eigenvalue weighted by molar-refractivity contribution is 0.0940. The second kappa shape index (κ2) is 7.08. The second-order valence-corrected chi connectivity index (χ2v) is 5.36. The smallest absolute Gasteiger partial charge is 0.251 e. The highest BCUT2D eigenvalue weighted by atomic mass is 16.4. The van der Waals surface area contributed by atoms with E-state index >= 15 is 0 Å². The van der Waals surface area contributed by atoms with Crippen molar-refractivity contribution >= 4 is 11.7 Å². The first-order valence-corrected chi connectivity index (χ1v) is 7.22. The molecule has 4 N–H and O–H groups in total. The number of rotatable bonds is 5. The van der Waals surface area contributed by atoms with E-state index in [4.69, 9.17) is 10.9 Å². The van der Waals surface area contributed by atoms with Gasteiger partial charge in [-0.2, -0.15) is 0 Å². The van der Waals surface area contributed by atoms with Crippen molar-refractivity contribution in [2.75, 3.05) is 19.6 Å². The summed E-state index contributed by atoms with van der Waals surface area (Å²) in [6.45, 7) is 5.00. The summed E-state index contributed by atoms with van der Waals surface area (Å²) >= 11 is 0. The van der Waals surface area contributed by atoms with Crippen molar-refractivity contribution < 1.29 is 10.0 Å². The number of likely N-dealkylation sites (tertiary alicyclic amines) is 1. The lowest BCUT2D eigenvalue weighted by Crippen LogP contribution is -2.40. The van der Waals surface area contributed by atoms with Crippen molar-refractivity contribution in [1.29, 1.82) is 0 Å². The Kier molecular flexibility index (Phi) is 5.16. The molecule has 21 heavy (non-hydrogen) atoms. The maximum Gasteiger partial charge on any atom is 0.251 e. The average molecular weight is 290 g/mol. The fourth-order valence-corrected chi connectivity index (χ4v) is 2.50. The first-order valence-electron chi connectivity index (χ1n) is 7.22. The van der Waals surface area contributed by atoms with E-state index in [9.17, 15) is 4.79 Å². The summed E-state index contributed by atoms with van der Waals surface area (Å²) in [6, 6.07) is 7.02. The first-order chi connectivity index (χ1) is 10.1. The van der Waals surface area contributed by atoms with Gasteiger partial charge in [-0.05, 0) is 45.0 Å². The fourth-order valence-electron chi connectivity index (χ4n) is 2.50. The molecule has 0 radical (unpaired) electrons. The van der Waals surface area contributed by atoms with Gasteiger partial charge in [0.15, 0.2) is 5.84 Å². The third-order valence-corrected chi connectivity index (χ3v) is 3.87. The lowest BCUT2D eigenvalue weighted by atomic mass is 10.1. The van der Waals surface area contributed by atoms with Gasteiger partial charge >= 0.3 is 0 Å². The van der Waals surface area contributed by atoms with Crippen LogP contribution in [0.4, 0.5) is 0 Å². The van der Waals surface area contributed by atoms with Crippen LogP contribution in [0, 0.1) is 0 Å². The van der Waals surface area contributed by atoms with Crippen molar-refractivity contribution in [2.45, 2.75) is 25.8 Å². The van der Waals surface area contributed by atoms with E-state index in [0.29, 0.717) is 23.7 Å². The predicted octanol–water partition coefficient (Wildman–Crippen LogP) is 0.995. The molecule has 1 saturated heterocycles. The van der Waals surface area contributed by atoms with Crippen LogP contribution in [-0.2, 0) is 0 Å². The Morgan fingerprint density at radius 2 is 1.90 bits per heavy atom. The molecular weight excluding hydrogens is 268 g/mol. The minimum atomic E-state index is -0.105. The summed E-state index contributed by atoms with van der Waals surface area (Å²) in [5.41, 5.74) is 6.63. The molecule has 0 saturated carbocycles. The average Bonchev–Trinajstić information content (AvgIpc) is 3.06. The maximum absolute atomic E-state index is 12.1. The van der Waals surface area contributed by atoms with Crippen LogP contribution < -0.4 is 11.1 Å². The Morgan fingerprint density at radius 1 is 1.33 bits per heavy atom. The number of oxime groups is 1. The van der Waals surface area contributed by atoms with Gasteiger partial charge in [0.1, 0.15) is 0 Å². The maximum atomic E-state index is 12.1. The number of carbonyl (C=O) groups excluding carboxylic acids is 1. The van der Waals surface area contributed by atoms with Gasteiger partial charge in [-0.25, -0.2) is 0 Å². The number of carbonyl (C=O) groups is 1. The molecule has 0 spiro atoms. The van der Waals surface area contributed by atoms with Gasteiger partial charge in [0, 0.05) is 23.7 Å². The molecule has 6 heteroatoms. The molecule has 1 amide bonds. The standard InChI is InChI=1S/C15H22N4O2/c1-11(19-8-2-3-9-19)10-17-15(20)13-6-4-12(5-7-13)14(16)18-21/h4-7,11,21H,2-3,8-10H2,1H3,(H2,16,18)(H,17,20). The number of amidine groups is 1. The molecule has 6 nitrogen and oxygen atoms in total. The van der Waals surface area contributed by atoms with Crippen molar-refractivity contribution in [3.63, 3.8) is 0 Å². The third-order valence-electron chi connectivity index (χ3n) is 3.87. The Labute approximate surface area is 124 Å². The number of nitrogens with two attached hydrogens (primary N) is 1. The summed E-state index contributed by atoms with van der Waals surface area (Å²) < 4.78 is 0. The molecule has 1 heterocycles. The van der Waals surface area contributed by atoms with E-state index in [0.717, 1.165) is 13.1 Å². The molecule has 1 atom stereocenters. The van der Waals surface area contributed by atoms with E-state index in [-0.39, 0.29) is 11.7 Å². The van der Waals surface area contributed by atoms with Crippen LogP contribution in [-0.4, -0.2) is 47.5 Å². The highest BCUT2D eigenvalue weighted by Gasteiger charge is 2.18. The zero-order valence-corrected chi connectivity index (χ0v) is 12.2. The molecular formula is C15H22N4O2. The normalized spacial score (nSPS) is 17.7. The molecule has 0 aliphatic carbocycles. The van der Waals surface area contributed by atoms with E-state index in [1.807, 2.05) is 0 Å². The molecule has 114 valence electrons. The summed E-state index contributed by atoms with van der Waals surface area (Å²) in [6.07, 6.45) is 2.49. The van der Waals surface area contributed by atoms with Crippen LogP contribution in [0.25, 0.3) is 0 Å². The Hall–Kier alpha value is -2.08. The van der Waals surface area contributed by atoms with Gasteiger partial charge in [0.2, 0.25) is 0 Å². The quantitative estimate of drug-likeness (QED) is 0.326. The predicted molar refractivity (Wildman–Crippen MR) is 81.6 cm³/mol. The van der Waals surface area contributed by atoms with Crippen LogP contribution in [0.15, 0.2) is 29.4 Å². The summed E-state index contributed by atoms with van der Waals surface area (Å²) in [5, 5.41) is 14.5. The molecule has 1 aliphatic heterocycles. The van der Waals surface area contributed by atoms with Gasteiger partial charge < -0.3 is 16.3 Å². The number of amides is 1. The van der Waals surface area contributed by atoms with Crippen molar-refractivity contribution in [2.24, 2.45) is 10.9 Å². The number of hydrogen-bond acceptors (Lipinski definition) is 4. The van der Waals surface area contributed by atoms with E-state index in [1.165, 1.54) is 12.8 Å². The van der Waals surface area contributed by atoms with Crippen LogP contribution in [0.2, 0.25) is 0 Å². The van der Waals surface area contributed by atoms with Gasteiger partial charge in [-0.1, -0.05) is 17.3 Å². The molecule has 0 bridgehead atoms. The molecule has 1 aromatic rings. The van der Waals surface area contributed by atoms with Crippen molar-refractivity contribution in [3.8, 4) is 0 Å². The Morgan fingerprint density at radius 3 is 2.48 bits per heavy atom. The van der Waals surface area contributed by atoms with E-state index < -0.39 is 0 Å². The van der Waals surface area contributed by atoms with Gasteiger partial charge in [0.25, 0.3) is 5.91 Å². The monoisotopic (exact) mass is 290 g/mol. The van der Waals surface area contributed by atoms with Crippen LogP contribution >= 0.6 is 0 Å². The largest absolute Gasteiger partial charge is 0.409 e. The highest BCUT2D eigenvalue weighted by Crippen LogP contribution is 2.11. The third kappa shape index (κ3) is 3.95. The van der Waals surface area contributed by atoms with E-state index in [1.54, 1.807) is 24.3 Å². The Balaban J connectivity index is 1.88. The zero-order chi connectivity index (χ0) is 15.2. The zero-order valence-electron chi connectivity index (χ0n) is 12.2. The van der Waals surface area contributed by atoms with Crippen molar-refractivity contribution in [3.05, 3.63) is 35.4 Å². The first kappa shape index (κ1) is 15.3. The van der Waals surface area contributed by atoms with Gasteiger partial charge in [0.05, 0.1) is 0 Å². The molecule has 1 aliphatic rings. The Bertz CT molecular complexity index is 507. The highest BCUT2D eigenvalue weighted by molar-refractivity contribution is 5.99. The second-order valence-electron chi connectivity index (χ2n) is 5.36. The minimum Gasteiger partial charge on any atom is -0.409 e. The summed E-state index contributed by atoms with van der Waals surface area (Å²) in [4.78, 5) is 14.5. The topological polar surface area (TPSA) is 91.0 Å². The number of nitrogens with one attached hydrogen (secondary N) is 1. The van der Waals surface area contributed by atoms with Crippen molar-refractivity contribution in [1.82, 2.24) is 10.2 Å². The number of benzene rings is 1. The van der Waals surface area contributed by atoms with E-state index in [2.05, 4.69) is 22.3 Å². The van der Waals surface area contributed by atoms with Crippen LogP contribution in [0.3, 0.4) is 0 Å². The fraction of sp³-hybridized carbons (Fsp3) is 0.467. The molecule has 1 fully saturated rings. The SMILES string of the molecule is CC(CNC(=O)c1ccc(/C(N)=N/O)cc1)N1CCCC1. The molecule has 1 unspecified atom stereocenters. The summed E-state index contributed by atoms with van der Waals surface area (Å²) in [7, 11) is 0. The van der Waals surface area contributed by atoms with Gasteiger partial charge in [-0.3, -0.25) is 9.69 Å². The number of nitrogens with zero attached hydrogens (tertiary/aromatic N) is 2. The molecule has 1 aromatic carbocycles.